The molecule has 5 nitrogen and oxygen atoms in total. The van der Waals surface area contributed by atoms with Gasteiger partial charge in [0.25, 0.3) is 0 Å². The van der Waals surface area contributed by atoms with Crippen LogP contribution in [0.5, 0.6) is 0 Å². The van der Waals surface area contributed by atoms with Crippen LogP contribution in [-0.2, 0) is 16.0 Å². The summed E-state index contributed by atoms with van der Waals surface area (Å²) in [5.74, 6) is 0.0724. The zero-order chi connectivity index (χ0) is 16.8. The lowest BCUT2D eigenvalue weighted by atomic mass is 10.2. The Morgan fingerprint density at radius 2 is 2.25 bits per heavy atom. The number of para-hydroxylation sites is 1. The van der Waals surface area contributed by atoms with E-state index in [1.807, 2.05) is 30.6 Å². The van der Waals surface area contributed by atoms with Gasteiger partial charge >= 0.3 is 0 Å². The monoisotopic (exact) mass is 345 g/mol. The molecule has 1 aliphatic rings. The maximum Gasteiger partial charge on any atom is 0.220 e. The van der Waals surface area contributed by atoms with E-state index in [9.17, 15) is 4.79 Å². The summed E-state index contributed by atoms with van der Waals surface area (Å²) in [6.07, 6.45) is 1.29. The average molecular weight is 345 g/mol. The van der Waals surface area contributed by atoms with Gasteiger partial charge < -0.3 is 15.0 Å². The molecule has 2 aromatic rings. The van der Waals surface area contributed by atoms with Crippen molar-refractivity contribution in [1.29, 1.82) is 0 Å². The van der Waals surface area contributed by atoms with Gasteiger partial charge in [-0.25, -0.2) is 4.98 Å². The molecule has 0 saturated carbocycles. The molecule has 1 saturated heterocycles. The summed E-state index contributed by atoms with van der Waals surface area (Å²) in [5, 5.41) is 3.00. The summed E-state index contributed by atoms with van der Waals surface area (Å²) in [4.78, 5) is 19.8. The van der Waals surface area contributed by atoms with Gasteiger partial charge in [-0.2, -0.15) is 0 Å². The van der Waals surface area contributed by atoms with Gasteiger partial charge in [-0.05, 0) is 25.5 Å². The fourth-order valence-corrected chi connectivity index (χ4v) is 3.61. The number of rotatable bonds is 6. The molecule has 1 aromatic heterocycles. The van der Waals surface area contributed by atoms with Crippen LogP contribution in [0.15, 0.2) is 35.8 Å². The van der Waals surface area contributed by atoms with Crippen molar-refractivity contribution in [3.8, 4) is 0 Å². The Hall–Kier alpha value is -1.92. The van der Waals surface area contributed by atoms with Gasteiger partial charge in [0.1, 0.15) is 0 Å². The molecular formula is C18H23N3O2S. The molecule has 0 spiro atoms. The molecule has 3 rings (SSSR count). The predicted octanol–water partition coefficient (Wildman–Crippen LogP) is 2.41. The first-order valence-corrected chi connectivity index (χ1v) is 9.17. The van der Waals surface area contributed by atoms with E-state index < -0.39 is 0 Å². The summed E-state index contributed by atoms with van der Waals surface area (Å²) in [6.45, 7) is 4.93. The van der Waals surface area contributed by atoms with Crippen molar-refractivity contribution in [2.75, 3.05) is 31.1 Å². The number of carbonyl (C=O) groups is 1. The number of nitrogens with zero attached hydrogens (tertiary/aromatic N) is 2. The molecule has 128 valence electrons. The Morgan fingerprint density at radius 3 is 3.00 bits per heavy atom. The van der Waals surface area contributed by atoms with E-state index in [0.717, 1.165) is 25.2 Å². The molecular weight excluding hydrogens is 322 g/mol. The standard InChI is InChI=1S/C18H23N3O2S/c1-14-17(24-13-20-14)7-8-18(22)19-11-16-12-21(9-10-23-16)15-5-3-2-4-6-15/h2-6,13,16H,7-12H2,1H3,(H,19,22)/t16-/m1/s1. The van der Waals surface area contributed by atoms with Crippen molar-refractivity contribution >= 4 is 22.9 Å². The molecule has 1 atom stereocenters. The van der Waals surface area contributed by atoms with Crippen LogP contribution in [0.1, 0.15) is 17.0 Å². The Morgan fingerprint density at radius 1 is 1.42 bits per heavy atom. The molecule has 1 amide bonds. The van der Waals surface area contributed by atoms with Crippen LogP contribution in [0, 0.1) is 6.92 Å². The zero-order valence-electron chi connectivity index (χ0n) is 13.9. The third-order valence-electron chi connectivity index (χ3n) is 4.21. The van der Waals surface area contributed by atoms with Crippen molar-refractivity contribution in [3.63, 3.8) is 0 Å². The molecule has 0 bridgehead atoms. The molecule has 1 N–H and O–H groups in total. The molecule has 0 unspecified atom stereocenters. The first kappa shape index (κ1) is 16.9. The largest absolute Gasteiger partial charge is 0.373 e. The van der Waals surface area contributed by atoms with Gasteiger partial charge in [-0.1, -0.05) is 18.2 Å². The summed E-state index contributed by atoms with van der Waals surface area (Å²) in [7, 11) is 0. The van der Waals surface area contributed by atoms with Gasteiger partial charge in [-0.15, -0.1) is 11.3 Å². The molecule has 1 aliphatic heterocycles. The van der Waals surface area contributed by atoms with Gasteiger partial charge in [0, 0.05) is 36.6 Å². The maximum absolute atomic E-state index is 12.0. The lowest BCUT2D eigenvalue weighted by molar-refractivity contribution is -0.121. The Labute approximate surface area is 146 Å². The first-order chi connectivity index (χ1) is 11.7. The average Bonchev–Trinajstić information content (AvgIpc) is 3.04. The smallest absolute Gasteiger partial charge is 0.220 e. The predicted molar refractivity (Wildman–Crippen MR) is 96.6 cm³/mol. The topological polar surface area (TPSA) is 54.5 Å². The van der Waals surface area contributed by atoms with Crippen molar-refractivity contribution in [2.24, 2.45) is 0 Å². The second-order valence-corrected chi connectivity index (χ2v) is 6.88. The number of ether oxygens (including phenoxy) is 1. The number of aryl methyl sites for hydroxylation is 2. The quantitative estimate of drug-likeness (QED) is 0.873. The zero-order valence-corrected chi connectivity index (χ0v) is 14.7. The number of benzene rings is 1. The number of amides is 1. The fourth-order valence-electron chi connectivity index (χ4n) is 2.83. The van der Waals surface area contributed by atoms with Crippen LogP contribution in [0.2, 0.25) is 0 Å². The Balaban J connectivity index is 1.42. The van der Waals surface area contributed by atoms with Gasteiger partial charge in [0.2, 0.25) is 5.91 Å². The maximum atomic E-state index is 12.0. The number of aromatic nitrogens is 1. The van der Waals surface area contributed by atoms with Crippen LogP contribution < -0.4 is 10.2 Å². The first-order valence-electron chi connectivity index (χ1n) is 8.29. The number of hydrogen-bond donors (Lipinski definition) is 1. The second kappa shape index (κ2) is 8.26. The Kier molecular flexibility index (Phi) is 5.82. The highest BCUT2D eigenvalue weighted by molar-refractivity contribution is 7.09. The molecule has 24 heavy (non-hydrogen) atoms. The summed E-state index contributed by atoms with van der Waals surface area (Å²) < 4.78 is 5.79. The SMILES string of the molecule is Cc1ncsc1CCC(=O)NC[C@@H]1CN(c2ccccc2)CCO1. The van der Waals surface area contributed by atoms with Gasteiger partial charge in [0.05, 0.1) is 23.9 Å². The third-order valence-corrected chi connectivity index (χ3v) is 5.21. The van der Waals surface area contributed by atoms with Crippen molar-refractivity contribution in [1.82, 2.24) is 10.3 Å². The van der Waals surface area contributed by atoms with E-state index in [0.29, 0.717) is 19.6 Å². The van der Waals surface area contributed by atoms with Crippen molar-refractivity contribution in [2.45, 2.75) is 25.9 Å². The van der Waals surface area contributed by atoms with Crippen molar-refractivity contribution < 1.29 is 9.53 Å². The van der Waals surface area contributed by atoms with E-state index in [1.54, 1.807) is 11.3 Å². The fraction of sp³-hybridized carbons (Fsp3) is 0.444. The number of carbonyl (C=O) groups excluding carboxylic acids is 1. The number of hydrogen-bond acceptors (Lipinski definition) is 5. The normalized spacial score (nSPS) is 17.7. The van der Waals surface area contributed by atoms with Crippen LogP contribution >= 0.6 is 11.3 Å². The van der Waals surface area contributed by atoms with Crippen LogP contribution in [0.3, 0.4) is 0 Å². The highest BCUT2D eigenvalue weighted by atomic mass is 32.1. The minimum Gasteiger partial charge on any atom is -0.373 e. The molecule has 0 radical (unpaired) electrons. The van der Waals surface area contributed by atoms with Gasteiger partial charge in [-0.3, -0.25) is 4.79 Å². The van der Waals surface area contributed by atoms with E-state index in [4.69, 9.17) is 4.74 Å². The molecule has 6 heteroatoms. The minimum atomic E-state index is 0.0352. The van der Waals surface area contributed by atoms with Crippen LogP contribution in [0.25, 0.3) is 0 Å². The number of anilines is 1. The van der Waals surface area contributed by atoms with E-state index in [1.165, 1.54) is 10.6 Å². The lowest BCUT2D eigenvalue weighted by Crippen LogP contribution is -2.47. The summed E-state index contributed by atoms with van der Waals surface area (Å²) >= 11 is 1.61. The Bertz CT molecular complexity index is 659. The lowest BCUT2D eigenvalue weighted by Gasteiger charge is -2.34. The number of morpholine rings is 1. The van der Waals surface area contributed by atoms with Crippen molar-refractivity contribution in [3.05, 3.63) is 46.4 Å². The van der Waals surface area contributed by atoms with Crippen LogP contribution in [-0.4, -0.2) is 43.2 Å². The van der Waals surface area contributed by atoms with E-state index in [-0.39, 0.29) is 12.0 Å². The number of thiazole rings is 1. The molecule has 2 heterocycles. The molecule has 0 aliphatic carbocycles. The summed E-state index contributed by atoms with van der Waals surface area (Å²) in [5.41, 5.74) is 4.07. The van der Waals surface area contributed by atoms with E-state index >= 15 is 0 Å². The summed E-state index contributed by atoms with van der Waals surface area (Å²) in [6, 6.07) is 10.3. The molecule has 1 aromatic carbocycles. The van der Waals surface area contributed by atoms with E-state index in [2.05, 4.69) is 27.3 Å². The molecule has 1 fully saturated rings. The minimum absolute atomic E-state index is 0.0352. The highest BCUT2D eigenvalue weighted by Crippen LogP contribution is 2.17. The van der Waals surface area contributed by atoms with Gasteiger partial charge in [0.15, 0.2) is 0 Å². The second-order valence-electron chi connectivity index (χ2n) is 5.94. The van der Waals surface area contributed by atoms with Crippen LogP contribution in [0.4, 0.5) is 5.69 Å². The highest BCUT2D eigenvalue weighted by Gasteiger charge is 2.21. The number of nitrogens with one attached hydrogen (secondary N) is 1. The third kappa shape index (κ3) is 4.55.